The largest absolute Gasteiger partial charge is 0.382 e. The Labute approximate surface area is 86.0 Å². The maximum atomic E-state index is 12.9. The Bertz CT molecular complexity index is 469. The zero-order valence-electron chi connectivity index (χ0n) is 8.13. The number of hydrogen-bond acceptors (Lipinski definition) is 3. The lowest BCUT2D eigenvalue weighted by molar-refractivity contribution is 0.209. The summed E-state index contributed by atoms with van der Waals surface area (Å²) in [5, 5.41) is 17.3. The van der Waals surface area contributed by atoms with Gasteiger partial charge in [0.1, 0.15) is 11.9 Å². The van der Waals surface area contributed by atoms with E-state index in [1.165, 1.54) is 23.0 Å². The zero-order chi connectivity index (χ0) is 10.8. The monoisotopic (exact) mass is 207 g/mol. The highest BCUT2D eigenvalue weighted by molar-refractivity contribution is 5.24. The number of halogens is 1. The van der Waals surface area contributed by atoms with Gasteiger partial charge in [0.15, 0.2) is 0 Å². The quantitative estimate of drug-likeness (QED) is 0.800. The second kappa shape index (κ2) is 3.78. The summed E-state index contributed by atoms with van der Waals surface area (Å²) in [7, 11) is 1.67. The number of benzene rings is 1. The molecule has 1 aromatic heterocycles. The summed E-state index contributed by atoms with van der Waals surface area (Å²) < 4.78 is 14.4. The van der Waals surface area contributed by atoms with E-state index in [2.05, 4.69) is 10.3 Å². The molecule has 78 valence electrons. The van der Waals surface area contributed by atoms with Crippen LogP contribution in [0.3, 0.4) is 0 Å². The molecule has 15 heavy (non-hydrogen) atoms. The summed E-state index contributed by atoms with van der Waals surface area (Å²) in [5.41, 5.74) is 1.01. The van der Waals surface area contributed by atoms with Gasteiger partial charge in [-0.3, -0.25) is 0 Å². The van der Waals surface area contributed by atoms with Crippen LogP contribution in [-0.2, 0) is 7.05 Å². The van der Waals surface area contributed by atoms with E-state index in [9.17, 15) is 9.50 Å². The lowest BCUT2D eigenvalue weighted by Gasteiger charge is -2.10. The molecule has 1 atom stereocenters. The first kappa shape index (κ1) is 9.79. The molecular formula is C10H10FN3O. The molecule has 0 saturated carbocycles. The highest BCUT2D eigenvalue weighted by Crippen LogP contribution is 2.20. The predicted octanol–water partition coefficient (Wildman–Crippen LogP) is 1.04. The minimum absolute atomic E-state index is 0.373. The molecule has 4 nitrogen and oxygen atoms in total. The minimum atomic E-state index is -0.902. The maximum absolute atomic E-state index is 12.9. The molecule has 5 heteroatoms. The molecule has 1 aromatic carbocycles. The Balaban J connectivity index is 2.36. The Morgan fingerprint density at radius 2 is 2.27 bits per heavy atom. The highest BCUT2D eigenvalue weighted by Gasteiger charge is 2.14. The molecule has 1 heterocycles. The summed E-state index contributed by atoms with van der Waals surface area (Å²) in [4.78, 5) is 0. The van der Waals surface area contributed by atoms with Crippen LogP contribution in [0, 0.1) is 5.82 Å². The van der Waals surface area contributed by atoms with Crippen molar-refractivity contribution in [3.05, 3.63) is 47.5 Å². The first-order valence-electron chi connectivity index (χ1n) is 4.46. The van der Waals surface area contributed by atoms with Crippen LogP contribution >= 0.6 is 0 Å². The van der Waals surface area contributed by atoms with Crippen molar-refractivity contribution in [2.75, 3.05) is 0 Å². The van der Waals surface area contributed by atoms with Gasteiger partial charge in [-0.1, -0.05) is 17.3 Å². The molecule has 1 unspecified atom stereocenters. The molecule has 0 bridgehead atoms. The second-order valence-electron chi connectivity index (χ2n) is 3.24. The standard InChI is InChI=1S/C10H10FN3O/c1-14-9(6-12-13-14)10(15)7-3-2-4-8(11)5-7/h2-6,10,15H,1H3. The van der Waals surface area contributed by atoms with E-state index >= 15 is 0 Å². The van der Waals surface area contributed by atoms with Gasteiger partial charge < -0.3 is 5.11 Å². The Hall–Kier alpha value is -1.75. The average molecular weight is 207 g/mol. The molecule has 0 saturated heterocycles. The van der Waals surface area contributed by atoms with Crippen molar-refractivity contribution in [1.29, 1.82) is 0 Å². The molecule has 2 rings (SSSR count). The fraction of sp³-hybridized carbons (Fsp3) is 0.200. The van der Waals surface area contributed by atoms with E-state index in [1.54, 1.807) is 19.2 Å². The van der Waals surface area contributed by atoms with Gasteiger partial charge in [0.05, 0.1) is 11.9 Å². The van der Waals surface area contributed by atoms with Gasteiger partial charge in [0, 0.05) is 7.05 Å². The van der Waals surface area contributed by atoms with Gasteiger partial charge >= 0.3 is 0 Å². The molecular weight excluding hydrogens is 197 g/mol. The first-order valence-corrected chi connectivity index (χ1v) is 4.46. The van der Waals surface area contributed by atoms with Crippen LogP contribution in [0.15, 0.2) is 30.5 Å². The number of aromatic nitrogens is 3. The van der Waals surface area contributed by atoms with E-state index < -0.39 is 6.10 Å². The van der Waals surface area contributed by atoms with E-state index in [-0.39, 0.29) is 5.82 Å². The van der Waals surface area contributed by atoms with Crippen LogP contribution in [0.5, 0.6) is 0 Å². The first-order chi connectivity index (χ1) is 7.18. The van der Waals surface area contributed by atoms with Crippen LogP contribution in [0.4, 0.5) is 4.39 Å². The molecule has 0 spiro atoms. The van der Waals surface area contributed by atoms with Crippen LogP contribution in [0.25, 0.3) is 0 Å². The van der Waals surface area contributed by atoms with Gasteiger partial charge in [0.25, 0.3) is 0 Å². The number of aliphatic hydroxyl groups excluding tert-OH is 1. The smallest absolute Gasteiger partial charge is 0.123 e. The van der Waals surface area contributed by atoms with Crippen molar-refractivity contribution < 1.29 is 9.50 Å². The minimum Gasteiger partial charge on any atom is -0.382 e. The third kappa shape index (κ3) is 1.87. The van der Waals surface area contributed by atoms with Crippen LogP contribution < -0.4 is 0 Å². The van der Waals surface area contributed by atoms with Crippen molar-refractivity contribution >= 4 is 0 Å². The van der Waals surface area contributed by atoms with Gasteiger partial charge in [-0.05, 0) is 17.7 Å². The fourth-order valence-corrected chi connectivity index (χ4v) is 1.39. The predicted molar refractivity (Wildman–Crippen MR) is 51.5 cm³/mol. The Kier molecular flexibility index (Phi) is 2.47. The average Bonchev–Trinajstić information content (AvgIpc) is 2.63. The number of rotatable bonds is 2. The van der Waals surface area contributed by atoms with Crippen molar-refractivity contribution in [3.63, 3.8) is 0 Å². The van der Waals surface area contributed by atoms with Crippen LogP contribution in [0.1, 0.15) is 17.4 Å². The normalized spacial score (nSPS) is 12.7. The highest BCUT2D eigenvalue weighted by atomic mass is 19.1. The number of aliphatic hydroxyl groups is 1. The summed E-state index contributed by atoms with van der Waals surface area (Å²) in [5.74, 6) is -0.373. The van der Waals surface area contributed by atoms with E-state index in [4.69, 9.17) is 0 Å². The van der Waals surface area contributed by atoms with Gasteiger partial charge in [-0.2, -0.15) is 0 Å². The third-order valence-corrected chi connectivity index (χ3v) is 2.19. The molecule has 0 aliphatic rings. The molecule has 1 N–H and O–H groups in total. The van der Waals surface area contributed by atoms with Crippen LogP contribution in [0.2, 0.25) is 0 Å². The Morgan fingerprint density at radius 3 is 2.87 bits per heavy atom. The summed E-state index contributed by atoms with van der Waals surface area (Å²) >= 11 is 0. The zero-order valence-corrected chi connectivity index (χ0v) is 8.13. The Morgan fingerprint density at radius 1 is 1.47 bits per heavy atom. The molecule has 0 aliphatic heterocycles. The van der Waals surface area contributed by atoms with E-state index in [0.717, 1.165) is 0 Å². The molecule has 2 aromatic rings. The van der Waals surface area contributed by atoms with Crippen molar-refractivity contribution in [2.24, 2.45) is 7.05 Å². The fourth-order valence-electron chi connectivity index (χ4n) is 1.39. The van der Waals surface area contributed by atoms with Gasteiger partial charge in [-0.25, -0.2) is 9.07 Å². The van der Waals surface area contributed by atoms with Crippen molar-refractivity contribution in [2.45, 2.75) is 6.10 Å². The number of aryl methyl sites for hydroxylation is 1. The van der Waals surface area contributed by atoms with Crippen molar-refractivity contribution in [1.82, 2.24) is 15.0 Å². The summed E-state index contributed by atoms with van der Waals surface area (Å²) in [6.07, 6.45) is 0.552. The van der Waals surface area contributed by atoms with E-state index in [1.807, 2.05) is 0 Å². The molecule has 0 fully saturated rings. The lowest BCUT2D eigenvalue weighted by Crippen LogP contribution is -2.06. The molecule has 0 amide bonds. The molecule has 0 aliphatic carbocycles. The topological polar surface area (TPSA) is 50.9 Å². The summed E-state index contributed by atoms with van der Waals surface area (Å²) in [6.45, 7) is 0. The van der Waals surface area contributed by atoms with Gasteiger partial charge in [0.2, 0.25) is 0 Å². The SMILES string of the molecule is Cn1nncc1C(O)c1cccc(F)c1. The summed E-state index contributed by atoms with van der Waals surface area (Å²) in [6, 6.07) is 5.83. The maximum Gasteiger partial charge on any atom is 0.123 e. The second-order valence-corrected chi connectivity index (χ2v) is 3.24. The van der Waals surface area contributed by atoms with E-state index in [0.29, 0.717) is 11.3 Å². The van der Waals surface area contributed by atoms with Gasteiger partial charge in [-0.15, -0.1) is 5.10 Å². The lowest BCUT2D eigenvalue weighted by atomic mass is 10.1. The number of nitrogens with zero attached hydrogens (tertiary/aromatic N) is 3. The van der Waals surface area contributed by atoms with Crippen LogP contribution in [-0.4, -0.2) is 20.1 Å². The van der Waals surface area contributed by atoms with Crippen molar-refractivity contribution in [3.8, 4) is 0 Å². The molecule has 0 radical (unpaired) electrons. The number of hydrogen-bond donors (Lipinski definition) is 1. The third-order valence-electron chi connectivity index (χ3n) is 2.19.